The predicted octanol–water partition coefficient (Wildman–Crippen LogP) is 2.89. The van der Waals surface area contributed by atoms with Gasteiger partial charge in [0.1, 0.15) is 5.75 Å². The van der Waals surface area contributed by atoms with E-state index in [1.165, 1.54) is 7.11 Å². The Morgan fingerprint density at radius 2 is 2.00 bits per heavy atom. The topological polar surface area (TPSA) is 74.1 Å². The lowest BCUT2D eigenvalue weighted by Gasteiger charge is -2.11. The number of ether oxygens (including phenoxy) is 1. The summed E-state index contributed by atoms with van der Waals surface area (Å²) in [6.45, 7) is 0.436. The molecule has 0 aromatic heterocycles. The third kappa shape index (κ3) is 3.98. The van der Waals surface area contributed by atoms with Crippen molar-refractivity contribution in [2.24, 2.45) is 0 Å². The van der Waals surface area contributed by atoms with Crippen LogP contribution in [0.25, 0.3) is 0 Å². The Bertz CT molecular complexity index is 663. The number of hydrogen-bond acceptors (Lipinski definition) is 3. The number of rotatable bonds is 4. The molecule has 2 rings (SSSR count). The Kier molecular flexibility index (Phi) is 4.78. The maximum absolute atomic E-state index is 11.9. The molecule has 0 fully saturated rings. The Morgan fingerprint density at radius 3 is 2.67 bits per heavy atom. The van der Waals surface area contributed by atoms with Crippen molar-refractivity contribution in [3.8, 4) is 11.8 Å². The van der Waals surface area contributed by atoms with Crippen molar-refractivity contribution in [1.82, 2.24) is 5.32 Å². The Hall–Kier alpha value is -3.00. The molecule has 0 saturated carbocycles. The van der Waals surface area contributed by atoms with Crippen LogP contribution in [0, 0.1) is 11.3 Å². The van der Waals surface area contributed by atoms with Crippen molar-refractivity contribution in [2.45, 2.75) is 6.54 Å². The molecule has 5 heteroatoms. The molecule has 21 heavy (non-hydrogen) atoms. The molecule has 0 spiro atoms. The molecular formula is C16H15N3O2. The molecule has 0 heterocycles. The minimum absolute atomic E-state index is 0.332. The van der Waals surface area contributed by atoms with Crippen molar-refractivity contribution in [3.05, 3.63) is 59.7 Å². The zero-order valence-electron chi connectivity index (χ0n) is 11.6. The molecule has 2 aromatic carbocycles. The van der Waals surface area contributed by atoms with Gasteiger partial charge in [0.25, 0.3) is 0 Å². The summed E-state index contributed by atoms with van der Waals surface area (Å²) in [7, 11) is 1.49. The van der Waals surface area contributed by atoms with Gasteiger partial charge < -0.3 is 15.4 Å². The quantitative estimate of drug-likeness (QED) is 0.905. The standard InChI is InChI=1S/C16H15N3O2/c1-21-15-9-13(10-17)7-8-14(15)19-16(20)18-11-12-5-3-2-4-6-12/h2-9H,11H2,1H3,(H2,18,19,20). The summed E-state index contributed by atoms with van der Waals surface area (Å²) in [5, 5.41) is 14.3. The van der Waals surface area contributed by atoms with E-state index in [0.29, 0.717) is 23.5 Å². The van der Waals surface area contributed by atoms with Crippen molar-refractivity contribution in [1.29, 1.82) is 5.26 Å². The lowest BCUT2D eigenvalue weighted by Crippen LogP contribution is -2.28. The van der Waals surface area contributed by atoms with Crippen LogP contribution in [0.4, 0.5) is 10.5 Å². The molecule has 106 valence electrons. The highest BCUT2D eigenvalue weighted by atomic mass is 16.5. The smallest absolute Gasteiger partial charge is 0.319 e. The van der Waals surface area contributed by atoms with E-state index in [2.05, 4.69) is 10.6 Å². The summed E-state index contributed by atoms with van der Waals surface area (Å²) in [5.74, 6) is 0.448. The molecule has 2 aromatic rings. The second-order valence-electron chi connectivity index (χ2n) is 4.32. The van der Waals surface area contributed by atoms with Gasteiger partial charge in [-0.2, -0.15) is 5.26 Å². The van der Waals surface area contributed by atoms with Gasteiger partial charge in [-0.05, 0) is 17.7 Å². The molecule has 0 unspecified atom stereocenters. The largest absolute Gasteiger partial charge is 0.495 e. The summed E-state index contributed by atoms with van der Waals surface area (Å²) in [5.41, 5.74) is 2.00. The Labute approximate surface area is 123 Å². The number of methoxy groups -OCH3 is 1. The van der Waals surface area contributed by atoms with E-state index in [9.17, 15) is 4.79 Å². The fraction of sp³-hybridized carbons (Fsp3) is 0.125. The molecule has 0 aliphatic rings. The molecule has 0 radical (unpaired) electrons. The number of anilines is 1. The van der Waals surface area contributed by atoms with Gasteiger partial charge in [-0.1, -0.05) is 30.3 Å². The Balaban J connectivity index is 1.98. The van der Waals surface area contributed by atoms with Crippen molar-refractivity contribution in [3.63, 3.8) is 0 Å². The molecule has 0 saturated heterocycles. The number of amides is 2. The maximum atomic E-state index is 11.9. The van der Waals surface area contributed by atoms with E-state index in [4.69, 9.17) is 10.00 Å². The average Bonchev–Trinajstić information content (AvgIpc) is 2.54. The van der Waals surface area contributed by atoms with Crippen LogP contribution in [0.2, 0.25) is 0 Å². The van der Waals surface area contributed by atoms with Crippen LogP contribution in [-0.4, -0.2) is 13.1 Å². The summed E-state index contributed by atoms with van der Waals surface area (Å²) in [4.78, 5) is 11.9. The summed E-state index contributed by atoms with van der Waals surface area (Å²) in [6.07, 6.45) is 0. The molecule has 0 aliphatic carbocycles. The minimum atomic E-state index is -0.332. The van der Waals surface area contributed by atoms with Gasteiger partial charge >= 0.3 is 6.03 Å². The zero-order valence-corrected chi connectivity index (χ0v) is 11.6. The van der Waals surface area contributed by atoms with Crippen molar-refractivity contribution in [2.75, 3.05) is 12.4 Å². The number of nitriles is 1. The first-order valence-corrected chi connectivity index (χ1v) is 6.40. The van der Waals surface area contributed by atoms with Crippen LogP contribution in [0.3, 0.4) is 0 Å². The molecule has 0 bridgehead atoms. The number of nitrogens with one attached hydrogen (secondary N) is 2. The van der Waals surface area contributed by atoms with Gasteiger partial charge in [0, 0.05) is 12.6 Å². The van der Waals surface area contributed by atoms with Crippen LogP contribution in [-0.2, 0) is 6.54 Å². The number of urea groups is 1. The van der Waals surface area contributed by atoms with Gasteiger partial charge in [-0.15, -0.1) is 0 Å². The van der Waals surface area contributed by atoms with Gasteiger partial charge in [0.15, 0.2) is 0 Å². The van der Waals surface area contributed by atoms with Crippen LogP contribution in [0.15, 0.2) is 48.5 Å². The third-order valence-electron chi connectivity index (χ3n) is 2.87. The van der Waals surface area contributed by atoms with Crippen LogP contribution < -0.4 is 15.4 Å². The first-order chi connectivity index (χ1) is 10.2. The van der Waals surface area contributed by atoms with E-state index >= 15 is 0 Å². The molecule has 2 amide bonds. The first-order valence-electron chi connectivity index (χ1n) is 6.40. The second-order valence-corrected chi connectivity index (χ2v) is 4.32. The van der Waals surface area contributed by atoms with Gasteiger partial charge in [-0.25, -0.2) is 4.79 Å². The van der Waals surface area contributed by atoms with E-state index in [-0.39, 0.29) is 6.03 Å². The van der Waals surface area contributed by atoms with E-state index in [0.717, 1.165) is 5.56 Å². The minimum Gasteiger partial charge on any atom is -0.495 e. The van der Waals surface area contributed by atoms with Crippen LogP contribution in [0.5, 0.6) is 5.75 Å². The number of nitrogens with zero attached hydrogens (tertiary/aromatic N) is 1. The van der Waals surface area contributed by atoms with Crippen LogP contribution >= 0.6 is 0 Å². The lowest BCUT2D eigenvalue weighted by atomic mass is 10.2. The lowest BCUT2D eigenvalue weighted by molar-refractivity contribution is 0.251. The monoisotopic (exact) mass is 281 g/mol. The number of carbonyl (C=O) groups is 1. The average molecular weight is 281 g/mol. The molecule has 5 nitrogen and oxygen atoms in total. The first kappa shape index (κ1) is 14.4. The molecule has 0 aliphatic heterocycles. The highest BCUT2D eigenvalue weighted by Gasteiger charge is 2.08. The fourth-order valence-electron chi connectivity index (χ4n) is 1.81. The summed E-state index contributed by atoms with van der Waals surface area (Å²) >= 11 is 0. The fourth-order valence-corrected chi connectivity index (χ4v) is 1.81. The second kappa shape index (κ2) is 6.96. The third-order valence-corrected chi connectivity index (χ3v) is 2.87. The van der Waals surface area contributed by atoms with Gasteiger partial charge in [0.2, 0.25) is 0 Å². The highest BCUT2D eigenvalue weighted by Crippen LogP contribution is 2.25. The zero-order chi connectivity index (χ0) is 15.1. The number of hydrogen-bond donors (Lipinski definition) is 2. The highest BCUT2D eigenvalue weighted by molar-refractivity contribution is 5.91. The van der Waals surface area contributed by atoms with Crippen molar-refractivity contribution < 1.29 is 9.53 Å². The van der Waals surface area contributed by atoms with E-state index in [1.54, 1.807) is 18.2 Å². The van der Waals surface area contributed by atoms with E-state index in [1.807, 2.05) is 36.4 Å². The normalized spacial score (nSPS) is 9.52. The number of benzene rings is 2. The molecular weight excluding hydrogens is 266 g/mol. The number of carbonyl (C=O) groups excluding carboxylic acids is 1. The Morgan fingerprint density at radius 1 is 1.24 bits per heavy atom. The summed E-state index contributed by atoms with van der Waals surface area (Å²) < 4.78 is 5.16. The van der Waals surface area contributed by atoms with Crippen LogP contribution in [0.1, 0.15) is 11.1 Å². The predicted molar refractivity (Wildman–Crippen MR) is 80.0 cm³/mol. The molecule has 2 N–H and O–H groups in total. The maximum Gasteiger partial charge on any atom is 0.319 e. The van der Waals surface area contributed by atoms with E-state index < -0.39 is 0 Å². The van der Waals surface area contributed by atoms with Gasteiger partial charge in [-0.3, -0.25) is 0 Å². The molecule has 0 atom stereocenters. The SMILES string of the molecule is COc1cc(C#N)ccc1NC(=O)NCc1ccccc1. The van der Waals surface area contributed by atoms with Crippen molar-refractivity contribution >= 4 is 11.7 Å². The summed E-state index contributed by atoms with van der Waals surface area (Å²) in [6, 6.07) is 16.1. The van der Waals surface area contributed by atoms with Gasteiger partial charge in [0.05, 0.1) is 24.4 Å².